The molecule has 17 heavy (non-hydrogen) atoms. The second-order valence-electron chi connectivity index (χ2n) is 3.91. The summed E-state index contributed by atoms with van der Waals surface area (Å²) in [5.74, 6) is 0. The van der Waals surface area contributed by atoms with Crippen LogP contribution < -0.4 is 5.32 Å². The molecule has 2 heterocycles. The number of hydrogen-bond donors (Lipinski definition) is 1. The summed E-state index contributed by atoms with van der Waals surface area (Å²) in [6, 6.07) is 6.71. The molecule has 0 fully saturated rings. The van der Waals surface area contributed by atoms with E-state index < -0.39 is 0 Å². The Morgan fingerprint density at radius 3 is 2.76 bits per heavy atom. The van der Waals surface area contributed by atoms with Gasteiger partial charge in [-0.15, -0.1) is 11.3 Å². The molecule has 0 aliphatic heterocycles. The molecule has 0 aliphatic rings. The van der Waals surface area contributed by atoms with Crippen molar-refractivity contribution in [1.82, 2.24) is 10.3 Å². The van der Waals surface area contributed by atoms with Gasteiger partial charge in [0.05, 0.1) is 8.93 Å². The van der Waals surface area contributed by atoms with Crippen LogP contribution in [0.1, 0.15) is 29.8 Å². The lowest BCUT2D eigenvalue weighted by Gasteiger charge is -2.17. The average molecular weight is 358 g/mol. The molecule has 1 atom stereocenters. The fourth-order valence-corrected chi connectivity index (χ4v) is 3.15. The zero-order valence-corrected chi connectivity index (χ0v) is 12.9. The fourth-order valence-electron chi connectivity index (χ4n) is 1.76. The van der Waals surface area contributed by atoms with Crippen molar-refractivity contribution in [3.63, 3.8) is 0 Å². The molecule has 2 aromatic rings. The van der Waals surface area contributed by atoms with E-state index in [0.717, 1.165) is 12.2 Å². The monoisotopic (exact) mass is 358 g/mol. The summed E-state index contributed by atoms with van der Waals surface area (Å²) in [6.07, 6.45) is 1.97. The molecule has 0 spiro atoms. The van der Waals surface area contributed by atoms with Crippen molar-refractivity contribution < 1.29 is 0 Å². The van der Waals surface area contributed by atoms with Crippen LogP contribution in [0.5, 0.6) is 0 Å². The SMILES string of the molecule is CCNC(c1ccc(C)nc1)c1csc(I)c1. The van der Waals surface area contributed by atoms with Gasteiger partial charge in [0.1, 0.15) is 0 Å². The highest BCUT2D eigenvalue weighted by atomic mass is 127. The lowest BCUT2D eigenvalue weighted by atomic mass is 10.0. The van der Waals surface area contributed by atoms with Crippen molar-refractivity contribution in [1.29, 1.82) is 0 Å². The first-order valence-electron chi connectivity index (χ1n) is 5.60. The van der Waals surface area contributed by atoms with Crippen LogP contribution >= 0.6 is 33.9 Å². The first-order chi connectivity index (χ1) is 8.20. The molecule has 2 rings (SSSR count). The van der Waals surface area contributed by atoms with Gasteiger partial charge in [-0.05, 0) is 64.7 Å². The number of hydrogen-bond acceptors (Lipinski definition) is 3. The molecule has 0 bridgehead atoms. The number of nitrogens with one attached hydrogen (secondary N) is 1. The molecule has 2 nitrogen and oxygen atoms in total. The molecule has 1 N–H and O–H groups in total. The summed E-state index contributed by atoms with van der Waals surface area (Å²) in [4.78, 5) is 4.38. The molecule has 2 aromatic heterocycles. The Hall–Kier alpha value is -0.460. The first-order valence-corrected chi connectivity index (χ1v) is 7.56. The Bertz CT molecular complexity index is 478. The molecule has 0 aromatic carbocycles. The minimum atomic E-state index is 0.257. The largest absolute Gasteiger partial charge is 0.306 e. The van der Waals surface area contributed by atoms with Crippen LogP contribution in [0.4, 0.5) is 0 Å². The van der Waals surface area contributed by atoms with Gasteiger partial charge >= 0.3 is 0 Å². The van der Waals surface area contributed by atoms with E-state index in [9.17, 15) is 0 Å². The Morgan fingerprint density at radius 2 is 2.24 bits per heavy atom. The van der Waals surface area contributed by atoms with Crippen molar-refractivity contribution in [2.45, 2.75) is 19.9 Å². The van der Waals surface area contributed by atoms with Crippen LogP contribution in [0.2, 0.25) is 0 Å². The smallest absolute Gasteiger partial charge is 0.0656 e. The van der Waals surface area contributed by atoms with Crippen molar-refractivity contribution in [3.05, 3.63) is 49.5 Å². The number of nitrogens with zero attached hydrogens (tertiary/aromatic N) is 1. The Kier molecular flexibility index (Phi) is 4.53. The first kappa shape index (κ1) is 13.0. The summed E-state index contributed by atoms with van der Waals surface area (Å²) in [7, 11) is 0. The molecule has 1 unspecified atom stereocenters. The van der Waals surface area contributed by atoms with Gasteiger partial charge < -0.3 is 5.32 Å². The molecule has 4 heteroatoms. The van der Waals surface area contributed by atoms with Crippen molar-refractivity contribution in [3.8, 4) is 0 Å². The number of aryl methyl sites for hydroxylation is 1. The Morgan fingerprint density at radius 1 is 1.41 bits per heavy atom. The second kappa shape index (κ2) is 5.93. The van der Waals surface area contributed by atoms with E-state index in [0.29, 0.717) is 0 Å². The highest BCUT2D eigenvalue weighted by Crippen LogP contribution is 2.27. The third-order valence-corrected chi connectivity index (χ3v) is 4.40. The normalized spacial score (nSPS) is 12.6. The highest BCUT2D eigenvalue weighted by Gasteiger charge is 2.14. The number of pyridine rings is 1. The number of halogens is 1. The standard InChI is InChI=1S/C13H15IN2S/c1-3-15-13(11-6-12(14)17-8-11)10-5-4-9(2)16-7-10/h4-8,13,15H,3H2,1-2H3. The van der Waals surface area contributed by atoms with Crippen LogP contribution in [-0.4, -0.2) is 11.5 Å². The van der Waals surface area contributed by atoms with Crippen LogP contribution in [-0.2, 0) is 0 Å². The van der Waals surface area contributed by atoms with Gasteiger partial charge in [0.15, 0.2) is 0 Å². The summed E-state index contributed by atoms with van der Waals surface area (Å²) in [5, 5.41) is 5.73. The Balaban J connectivity index is 2.31. The maximum atomic E-state index is 4.38. The topological polar surface area (TPSA) is 24.9 Å². The molecule has 0 radical (unpaired) electrons. The zero-order valence-electron chi connectivity index (χ0n) is 9.90. The summed E-state index contributed by atoms with van der Waals surface area (Å²) in [6.45, 7) is 5.09. The minimum Gasteiger partial charge on any atom is -0.306 e. The quantitative estimate of drug-likeness (QED) is 0.842. The van der Waals surface area contributed by atoms with E-state index >= 15 is 0 Å². The third kappa shape index (κ3) is 3.26. The van der Waals surface area contributed by atoms with Gasteiger partial charge in [-0.2, -0.15) is 0 Å². The molecule has 90 valence electrons. The Labute approximate surface area is 120 Å². The maximum absolute atomic E-state index is 4.38. The minimum absolute atomic E-state index is 0.257. The summed E-state index contributed by atoms with van der Waals surface area (Å²) < 4.78 is 1.32. The van der Waals surface area contributed by atoms with Crippen molar-refractivity contribution in [2.24, 2.45) is 0 Å². The molecule has 0 saturated carbocycles. The molecule has 0 saturated heterocycles. The molecular weight excluding hydrogens is 343 g/mol. The lowest BCUT2D eigenvalue weighted by Crippen LogP contribution is -2.21. The maximum Gasteiger partial charge on any atom is 0.0656 e. The average Bonchev–Trinajstić information content (AvgIpc) is 2.74. The van der Waals surface area contributed by atoms with Crippen LogP contribution in [0.25, 0.3) is 0 Å². The van der Waals surface area contributed by atoms with E-state index in [1.165, 1.54) is 14.0 Å². The van der Waals surface area contributed by atoms with Crippen LogP contribution in [0.15, 0.2) is 29.8 Å². The number of aromatic nitrogens is 1. The summed E-state index contributed by atoms with van der Waals surface area (Å²) >= 11 is 4.14. The number of rotatable bonds is 4. The van der Waals surface area contributed by atoms with Crippen molar-refractivity contribution in [2.75, 3.05) is 6.54 Å². The lowest BCUT2D eigenvalue weighted by molar-refractivity contribution is 0.630. The third-order valence-electron chi connectivity index (χ3n) is 2.60. The van der Waals surface area contributed by atoms with E-state index in [4.69, 9.17) is 0 Å². The van der Waals surface area contributed by atoms with E-state index in [1.807, 2.05) is 13.1 Å². The molecular formula is C13H15IN2S. The van der Waals surface area contributed by atoms with Gasteiger partial charge in [0, 0.05) is 11.9 Å². The fraction of sp³-hybridized carbons (Fsp3) is 0.308. The molecule has 0 amide bonds. The van der Waals surface area contributed by atoms with Crippen LogP contribution in [0.3, 0.4) is 0 Å². The predicted octanol–water partition coefficient (Wildman–Crippen LogP) is 3.76. The van der Waals surface area contributed by atoms with E-state index in [1.54, 1.807) is 11.3 Å². The van der Waals surface area contributed by atoms with Gasteiger partial charge in [0.25, 0.3) is 0 Å². The second-order valence-corrected chi connectivity index (χ2v) is 6.71. The van der Waals surface area contributed by atoms with E-state index in [2.05, 4.69) is 63.4 Å². The van der Waals surface area contributed by atoms with Gasteiger partial charge in [-0.3, -0.25) is 4.98 Å². The number of thiophene rings is 1. The summed E-state index contributed by atoms with van der Waals surface area (Å²) in [5.41, 5.74) is 3.61. The van der Waals surface area contributed by atoms with Gasteiger partial charge in [-0.25, -0.2) is 0 Å². The van der Waals surface area contributed by atoms with Gasteiger partial charge in [-0.1, -0.05) is 13.0 Å². The zero-order chi connectivity index (χ0) is 12.3. The van der Waals surface area contributed by atoms with E-state index in [-0.39, 0.29) is 6.04 Å². The predicted molar refractivity (Wildman–Crippen MR) is 81.5 cm³/mol. The van der Waals surface area contributed by atoms with Crippen LogP contribution in [0, 0.1) is 9.81 Å². The molecule has 0 aliphatic carbocycles. The highest BCUT2D eigenvalue weighted by molar-refractivity contribution is 14.1. The van der Waals surface area contributed by atoms with Gasteiger partial charge in [0.2, 0.25) is 0 Å². The van der Waals surface area contributed by atoms with Crippen molar-refractivity contribution >= 4 is 33.9 Å².